The molecule has 0 bridgehead atoms. The van der Waals surface area contributed by atoms with Gasteiger partial charge in [0.1, 0.15) is 5.69 Å². The van der Waals surface area contributed by atoms with Crippen molar-refractivity contribution in [1.29, 1.82) is 0 Å². The summed E-state index contributed by atoms with van der Waals surface area (Å²) in [6.07, 6.45) is 4.26. The molecule has 9 heteroatoms. The maximum atomic E-state index is 12.9. The maximum Gasteiger partial charge on any atom is 0.269 e. The summed E-state index contributed by atoms with van der Waals surface area (Å²) in [4.78, 5) is 27.5. The van der Waals surface area contributed by atoms with Crippen LogP contribution in [-0.4, -0.2) is 31.7 Å². The van der Waals surface area contributed by atoms with Gasteiger partial charge in [0, 0.05) is 49.7 Å². The van der Waals surface area contributed by atoms with E-state index in [4.69, 9.17) is 4.74 Å². The van der Waals surface area contributed by atoms with Crippen LogP contribution in [0.4, 0.5) is 5.69 Å². The molecule has 32 heavy (non-hydrogen) atoms. The molecule has 0 aliphatic rings. The van der Waals surface area contributed by atoms with Crippen molar-refractivity contribution in [3.05, 3.63) is 70.0 Å². The number of pyridine rings is 1. The molecule has 3 aromatic rings. The van der Waals surface area contributed by atoms with Crippen LogP contribution in [0.5, 0.6) is 5.88 Å². The number of hydrogen-bond acceptors (Lipinski definition) is 6. The summed E-state index contributed by atoms with van der Waals surface area (Å²) in [6.45, 7) is 6.59. The number of hydrogen-bond donors (Lipinski definition) is 1. The predicted molar refractivity (Wildman–Crippen MR) is 120 cm³/mol. The number of nitro benzene ring substituents is 1. The fourth-order valence-electron chi connectivity index (χ4n) is 3.43. The lowest BCUT2D eigenvalue weighted by Gasteiger charge is -2.16. The van der Waals surface area contributed by atoms with Crippen LogP contribution in [0.25, 0.3) is 11.3 Å². The van der Waals surface area contributed by atoms with Crippen molar-refractivity contribution in [2.24, 2.45) is 13.0 Å². The van der Waals surface area contributed by atoms with E-state index in [-0.39, 0.29) is 17.7 Å². The summed E-state index contributed by atoms with van der Waals surface area (Å²) in [7, 11) is 1.72. The highest BCUT2D eigenvalue weighted by atomic mass is 16.6. The minimum absolute atomic E-state index is 0.0193. The molecule has 1 amide bonds. The number of nitro groups is 1. The number of nitrogens with zero attached hydrogens (tertiary/aromatic N) is 4. The average Bonchev–Trinajstić information content (AvgIpc) is 3.13. The van der Waals surface area contributed by atoms with E-state index in [0.717, 1.165) is 12.0 Å². The van der Waals surface area contributed by atoms with Gasteiger partial charge in [-0.05, 0) is 43.0 Å². The molecule has 0 fully saturated rings. The number of aryl methyl sites for hydroxylation is 1. The average molecular weight is 438 g/mol. The smallest absolute Gasteiger partial charge is 0.269 e. The van der Waals surface area contributed by atoms with Crippen LogP contribution in [0.3, 0.4) is 0 Å². The molecule has 2 heterocycles. The number of nitrogens with one attached hydrogen (secondary N) is 1. The summed E-state index contributed by atoms with van der Waals surface area (Å²) in [6, 6.07) is 9.59. The van der Waals surface area contributed by atoms with Crippen molar-refractivity contribution < 1.29 is 14.5 Å². The monoisotopic (exact) mass is 437 g/mol. The van der Waals surface area contributed by atoms with Crippen molar-refractivity contribution in [2.45, 2.75) is 39.8 Å². The zero-order chi connectivity index (χ0) is 23.3. The number of aromatic nitrogens is 3. The van der Waals surface area contributed by atoms with Crippen LogP contribution < -0.4 is 10.1 Å². The molecule has 0 spiro atoms. The third kappa shape index (κ3) is 5.90. The van der Waals surface area contributed by atoms with Gasteiger partial charge in [-0.2, -0.15) is 5.10 Å². The minimum Gasteiger partial charge on any atom is -0.475 e. The fourth-order valence-corrected chi connectivity index (χ4v) is 3.43. The molecule has 1 N–H and O–H groups in total. The van der Waals surface area contributed by atoms with Gasteiger partial charge in [0.25, 0.3) is 11.6 Å². The van der Waals surface area contributed by atoms with Gasteiger partial charge in [-0.15, -0.1) is 0 Å². The number of ether oxygens (including phenoxy) is 1. The lowest BCUT2D eigenvalue weighted by molar-refractivity contribution is -0.384. The summed E-state index contributed by atoms with van der Waals surface area (Å²) < 4.78 is 7.42. The van der Waals surface area contributed by atoms with E-state index in [1.165, 1.54) is 12.1 Å². The van der Waals surface area contributed by atoms with E-state index in [2.05, 4.69) is 29.2 Å². The van der Waals surface area contributed by atoms with Crippen molar-refractivity contribution in [2.75, 3.05) is 0 Å². The first-order valence-electron chi connectivity index (χ1n) is 10.4. The van der Waals surface area contributed by atoms with E-state index in [0.29, 0.717) is 35.2 Å². The molecule has 0 radical (unpaired) electrons. The zero-order valence-electron chi connectivity index (χ0n) is 18.6. The molecule has 0 aliphatic heterocycles. The fraction of sp³-hybridized carbons (Fsp3) is 0.348. The molecule has 3 rings (SSSR count). The highest BCUT2D eigenvalue weighted by molar-refractivity contribution is 5.99. The molecule has 0 aliphatic carbocycles. The second-order valence-electron chi connectivity index (χ2n) is 8.11. The van der Waals surface area contributed by atoms with Gasteiger partial charge in [-0.25, -0.2) is 4.98 Å². The van der Waals surface area contributed by atoms with Crippen LogP contribution in [0, 0.1) is 16.0 Å². The van der Waals surface area contributed by atoms with Gasteiger partial charge in [0.05, 0.1) is 16.6 Å². The Kier molecular flexibility index (Phi) is 7.19. The summed E-state index contributed by atoms with van der Waals surface area (Å²) in [5.74, 6) is 0.758. The minimum atomic E-state index is -0.466. The molecular formula is C23H27N5O4. The Morgan fingerprint density at radius 1 is 1.22 bits per heavy atom. The van der Waals surface area contributed by atoms with Crippen LogP contribution in [0.15, 0.2) is 48.8 Å². The number of rotatable bonds is 9. The van der Waals surface area contributed by atoms with Crippen LogP contribution in [-0.2, 0) is 13.6 Å². The second-order valence-corrected chi connectivity index (χ2v) is 8.11. The molecule has 9 nitrogen and oxygen atoms in total. The zero-order valence-corrected chi connectivity index (χ0v) is 18.6. The van der Waals surface area contributed by atoms with Gasteiger partial charge < -0.3 is 10.1 Å². The Morgan fingerprint density at radius 3 is 2.59 bits per heavy atom. The van der Waals surface area contributed by atoms with Crippen LogP contribution in [0.1, 0.15) is 43.1 Å². The lowest BCUT2D eigenvalue weighted by atomic mass is 10.1. The van der Waals surface area contributed by atoms with Gasteiger partial charge in [0.2, 0.25) is 5.88 Å². The Morgan fingerprint density at radius 2 is 1.94 bits per heavy atom. The molecule has 1 atom stereocenters. The highest BCUT2D eigenvalue weighted by Gasteiger charge is 2.18. The first-order chi connectivity index (χ1) is 15.2. The van der Waals surface area contributed by atoms with E-state index in [1.54, 1.807) is 36.3 Å². The topological polar surface area (TPSA) is 112 Å². The first kappa shape index (κ1) is 22.9. The van der Waals surface area contributed by atoms with E-state index < -0.39 is 4.92 Å². The van der Waals surface area contributed by atoms with Crippen molar-refractivity contribution >= 4 is 11.6 Å². The highest BCUT2D eigenvalue weighted by Crippen LogP contribution is 2.24. The van der Waals surface area contributed by atoms with Gasteiger partial charge >= 0.3 is 0 Å². The van der Waals surface area contributed by atoms with Crippen molar-refractivity contribution in [3.8, 4) is 17.1 Å². The third-order valence-corrected chi connectivity index (χ3v) is 4.80. The largest absolute Gasteiger partial charge is 0.475 e. The van der Waals surface area contributed by atoms with Gasteiger partial charge in [0.15, 0.2) is 0 Å². The van der Waals surface area contributed by atoms with Gasteiger partial charge in [-0.1, -0.05) is 13.8 Å². The van der Waals surface area contributed by atoms with Gasteiger partial charge in [-0.3, -0.25) is 19.6 Å². The number of carbonyl (C=O) groups excluding carboxylic acids is 1. The van der Waals surface area contributed by atoms with E-state index in [9.17, 15) is 14.9 Å². The second kappa shape index (κ2) is 10.0. The Hall–Kier alpha value is -3.75. The molecule has 0 saturated heterocycles. The Balaban J connectivity index is 1.70. The summed E-state index contributed by atoms with van der Waals surface area (Å²) >= 11 is 0. The van der Waals surface area contributed by atoms with E-state index in [1.807, 2.05) is 19.1 Å². The Labute approximate surface area is 186 Å². The van der Waals surface area contributed by atoms with Crippen molar-refractivity contribution in [3.63, 3.8) is 0 Å². The summed E-state index contributed by atoms with van der Waals surface area (Å²) in [5, 5.41) is 18.1. The maximum absolute atomic E-state index is 12.9. The molecule has 1 aromatic carbocycles. The number of benzene rings is 1. The number of non-ortho nitro benzene ring substituents is 1. The standard InChI is InChI=1S/C23H27N5O4/c1-15(2)11-16(3)32-21-12-17(9-10-24-21)13-25-23(29)20-14-27(4)26-22(20)18-5-7-19(8-6-18)28(30)31/h5-10,12,14-16H,11,13H2,1-4H3,(H,25,29). The summed E-state index contributed by atoms with van der Waals surface area (Å²) in [5.41, 5.74) is 2.31. The molecule has 0 saturated carbocycles. The SMILES string of the molecule is CC(C)CC(C)Oc1cc(CNC(=O)c2cn(C)nc2-c2ccc([N+](=O)[O-])cc2)ccn1. The molecule has 2 aromatic heterocycles. The molecule has 1 unspecified atom stereocenters. The van der Waals surface area contributed by atoms with Crippen LogP contribution >= 0.6 is 0 Å². The lowest BCUT2D eigenvalue weighted by Crippen LogP contribution is -2.23. The predicted octanol–water partition coefficient (Wildman–Crippen LogP) is 4.13. The quantitative estimate of drug-likeness (QED) is 0.398. The normalized spacial score (nSPS) is 11.9. The van der Waals surface area contributed by atoms with Crippen LogP contribution in [0.2, 0.25) is 0 Å². The first-order valence-corrected chi connectivity index (χ1v) is 10.4. The molecular weight excluding hydrogens is 410 g/mol. The van der Waals surface area contributed by atoms with Crippen molar-refractivity contribution in [1.82, 2.24) is 20.1 Å². The van der Waals surface area contributed by atoms with E-state index >= 15 is 0 Å². The Bertz CT molecular complexity index is 1090. The number of carbonyl (C=O) groups is 1. The third-order valence-electron chi connectivity index (χ3n) is 4.80. The number of amides is 1. The molecule has 168 valence electrons.